The lowest BCUT2D eigenvalue weighted by Crippen LogP contribution is -2.34. The van der Waals surface area contributed by atoms with E-state index < -0.39 is 11.9 Å². The van der Waals surface area contributed by atoms with Crippen LogP contribution in [0.2, 0.25) is 0 Å². The summed E-state index contributed by atoms with van der Waals surface area (Å²) in [4.78, 5) is 12.4. The summed E-state index contributed by atoms with van der Waals surface area (Å²) in [6, 6.07) is 17.8. The van der Waals surface area contributed by atoms with Gasteiger partial charge in [-0.05, 0) is 48.9 Å². The van der Waals surface area contributed by atoms with Gasteiger partial charge in [0.25, 0.3) is 0 Å². The molecule has 10 heteroatoms. The van der Waals surface area contributed by atoms with E-state index in [0.29, 0.717) is 11.4 Å². The standard InChI is InChI=1S/C23H21N5O4S/c1-3-32-23(30)18(13-24)22-28(16-7-5-4-6-8-16)20(25)19(33-22)21(29)27-26-14-15-9-11-17(31-2)12-10-15/h4-12,14,25,27,29H,3H2,1-2H3/b21-19-,22-18+,25-20?,26-14+. The number of nitriles is 1. The number of hydrazone groups is 1. The average Bonchev–Trinajstić information content (AvgIpc) is 3.17. The number of aromatic nitrogens is 1. The summed E-state index contributed by atoms with van der Waals surface area (Å²) in [5, 5.41) is 32.8. The Balaban J connectivity index is 2.12. The van der Waals surface area contributed by atoms with E-state index in [1.165, 1.54) is 10.8 Å². The van der Waals surface area contributed by atoms with Gasteiger partial charge in [-0.1, -0.05) is 18.2 Å². The Labute approximate surface area is 193 Å². The van der Waals surface area contributed by atoms with Crippen molar-refractivity contribution in [3.8, 4) is 17.5 Å². The Bertz CT molecular complexity index is 1380. The predicted octanol–water partition coefficient (Wildman–Crippen LogP) is 1.51. The highest BCUT2D eigenvalue weighted by Gasteiger charge is 2.17. The van der Waals surface area contributed by atoms with Crippen molar-refractivity contribution in [1.82, 2.24) is 9.99 Å². The van der Waals surface area contributed by atoms with Gasteiger partial charge in [0, 0.05) is 5.69 Å². The van der Waals surface area contributed by atoms with Crippen LogP contribution in [-0.2, 0) is 9.53 Å². The molecule has 0 saturated carbocycles. The second-order valence-corrected chi connectivity index (χ2v) is 7.45. The number of methoxy groups -OCH3 is 1. The van der Waals surface area contributed by atoms with Crippen LogP contribution in [0.1, 0.15) is 12.5 Å². The van der Waals surface area contributed by atoms with Gasteiger partial charge in [-0.25, -0.2) is 10.2 Å². The van der Waals surface area contributed by atoms with Gasteiger partial charge >= 0.3 is 5.97 Å². The Morgan fingerprint density at radius 3 is 2.58 bits per heavy atom. The summed E-state index contributed by atoms with van der Waals surface area (Å²) in [6.45, 7) is 1.73. The van der Waals surface area contributed by atoms with Crippen LogP contribution in [0, 0.1) is 16.7 Å². The number of hydrogen-bond donors (Lipinski definition) is 3. The molecule has 0 aliphatic rings. The van der Waals surface area contributed by atoms with E-state index in [0.717, 1.165) is 16.9 Å². The fourth-order valence-corrected chi connectivity index (χ4v) is 3.88. The minimum atomic E-state index is -0.803. The number of rotatable bonds is 7. The number of ether oxygens (including phenoxy) is 2. The normalized spacial score (nSPS) is 12.6. The van der Waals surface area contributed by atoms with Crippen molar-refractivity contribution in [2.24, 2.45) is 5.10 Å². The molecule has 0 bridgehead atoms. The number of esters is 1. The SMILES string of the molecule is CCOC(=O)/C(C#N)=c1/s/c(=C(\O)N/N=C/c2ccc(OC)cc2)c(=N)n1-c1ccccc1. The Morgan fingerprint density at radius 1 is 1.27 bits per heavy atom. The third-order valence-corrected chi connectivity index (χ3v) is 5.55. The Hall–Kier alpha value is -4.36. The number of nitrogens with one attached hydrogen (secondary N) is 2. The lowest BCUT2D eigenvalue weighted by Gasteiger charge is -2.04. The van der Waals surface area contributed by atoms with E-state index in [1.807, 2.05) is 6.07 Å². The first-order valence-corrected chi connectivity index (χ1v) is 10.6. The zero-order valence-corrected chi connectivity index (χ0v) is 18.7. The molecule has 0 spiro atoms. The van der Waals surface area contributed by atoms with Crippen molar-refractivity contribution < 1.29 is 19.4 Å². The highest BCUT2D eigenvalue weighted by Crippen LogP contribution is 2.09. The topological polar surface area (TPSA) is 133 Å². The van der Waals surface area contributed by atoms with Gasteiger partial charge in [-0.2, -0.15) is 10.4 Å². The quantitative estimate of drug-likeness (QED) is 0.276. The number of thiazole rings is 1. The Morgan fingerprint density at radius 2 is 1.97 bits per heavy atom. The molecule has 0 aliphatic carbocycles. The third-order valence-electron chi connectivity index (χ3n) is 4.38. The molecule has 1 heterocycles. The molecule has 0 amide bonds. The lowest BCUT2D eigenvalue weighted by atomic mass is 10.2. The molecule has 0 fully saturated rings. The molecule has 0 saturated heterocycles. The fraction of sp³-hybridized carbons (Fsp3) is 0.130. The molecule has 1 aromatic heterocycles. The van der Waals surface area contributed by atoms with Crippen molar-refractivity contribution >= 4 is 35.0 Å². The van der Waals surface area contributed by atoms with Crippen molar-refractivity contribution in [3.63, 3.8) is 0 Å². The van der Waals surface area contributed by atoms with E-state index >= 15 is 0 Å². The van der Waals surface area contributed by atoms with Gasteiger partial charge in [0.05, 0.1) is 19.9 Å². The van der Waals surface area contributed by atoms with Crippen LogP contribution in [0.15, 0.2) is 59.7 Å². The van der Waals surface area contributed by atoms with Gasteiger partial charge in [0.15, 0.2) is 11.1 Å². The van der Waals surface area contributed by atoms with Crippen molar-refractivity contribution in [2.45, 2.75) is 6.92 Å². The van der Waals surface area contributed by atoms with Crippen LogP contribution < -0.4 is 24.8 Å². The molecule has 0 aliphatic heterocycles. The van der Waals surface area contributed by atoms with Crippen LogP contribution in [0.25, 0.3) is 17.1 Å². The predicted molar refractivity (Wildman–Crippen MR) is 124 cm³/mol. The summed E-state index contributed by atoms with van der Waals surface area (Å²) in [5.74, 6) is -0.495. The third kappa shape index (κ3) is 5.28. The monoisotopic (exact) mass is 463 g/mol. The van der Waals surface area contributed by atoms with E-state index in [9.17, 15) is 15.2 Å². The number of aliphatic hydroxyl groups excluding tert-OH is 1. The number of hydrogen-bond acceptors (Lipinski definition) is 9. The minimum absolute atomic E-state index is 0.0952. The molecule has 168 valence electrons. The van der Waals surface area contributed by atoms with Crippen LogP contribution in [0.3, 0.4) is 0 Å². The fourth-order valence-electron chi connectivity index (χ4n) is 2.83. The smallest absolute Gasteiger partial charge is 0.351 e. The first kappa shape index (κ1) is 23.3. The van der Waals surface area contributed by atoms with Gasteiger partial charge in [0.2, 0.25) is 5.88 Å². The van der Waals surface area contributed by atoms with Gasteiger partial charge in [0.1, 0.15) is 21.0 Å². The maximum Gasteiger partial charge on any atom is 0.351 e. The number of para-hydroxylation sites is 1. The van der Waals surface area contributed by atoms with Gasteiger partial charge in [-0.3, -0.25) is 9.98 Å². The highest BCUT2D eigenvalue weighted by molar-refractivity contribution is 7.07. The van der Waals surface area contributed by atoms with E-state index in [4.69, 9.17) is 14.9 Å². The summed E-state index contributed by atoms with van der Waals surface area (Å²) >= 11 is 0.902. The number of carbonyl (C=O) groups is 1. The second kappa shape index (κ2) is 10.8. The first-order valence-electron chi connectivity index (χ1n) is 9.80. The molecular weight excluding hydrogens is 442 g/mol. The largest absolute Gasteiger partial charge is 0.497 e. The van der Waals surface area contributed by atoms with E-state index in [1.54, 1.807) is 68.6 Å². The van der Waals surface area contributed by atoms with Crippen molar-refractivity contribution in [3.05, 3.63) is 74.8 Å². The molecule has 0 unspecified atom stereocenters. The summed E-state index contributed by atoms with van der Waals surface area (Å²) in [7, 11) is 1.57. The van der Waals surface area contributed by atoms with Gasteiger partial charge in [-0.15, -0.1) is 11.3 Å². The zero-order valence-electron chi connectivity index (χ0n) is 17.9. The van der Waals surface area contributed by atoms with Crippen molar-refractivity contribution in [2.75, 3.05) is 13.7 Å². The second-order valence-electron chi connectivity index (χ2n) is 6.45. The summed E-state index contributed by atoms with van der Waals surface area (Å²) in [5.41, 5.74) is 3.42. The molecule has 3 N–H and O–H groups in total. The molecule has 33 heavy (non-hydrogen) atoms. The van der Waals surface area contributed by atoms with E-state index in [-0.39, 0.29) is 26.9 Å². The molecule has 2 aromatic carbocycles. The lowest BCUT2D eigenvalue weighted by molar-refractivity contribution is -0.136. The molecule has 9 nitrogen and oxygen atoms in total. The maximum atomic E-state index is 12.4. The maximum absolute atomic E-state index is 12.4. The molecule has 3 rings (SSSR count). The Kier molecular flexibility index (Phi) is 7.62. The van der Waals surface area contributed by atoms with Crippen LogP contribution in [-0.4, -0.2) is 35.6 Å². The number of nitrogens with zero attached hydrogens (tertiary/aromatic N) is 3. The molecular formula is C23H21N5O4S. The number of carbonyl (C=O) groups excluding carboxylic acids is 1. The van der Waals surface area contributed by atoms with Gasteiger partial charge < -0.3 is 14.6 Å². The van der Waals surface area contributed by atoms with Crippen molar-refractivity contribution in [1.29, 1.82) is 10.7 Å². The molecule has 0 atom stereocenters. The number of aliphatic hydroxyl groups is 1. The highest BCUT2D eigenvalue weighted by atomic mass is 32.1. The molecule has 3 aromatic rings. The van der Waals surface area contributed by atoms with Crippen LogP contribution in [0.5, 0.6) is 5.75 Å². The van der Waals surface area contributed by atoms with E-state index in [2.05, 4.69) is 10.5 Å². The first-order chi connectivity index (χ1) is 16.0. The zero-order chi connectivity index (χ0) is 23.8. The average molecular weight is 464 g/mol. The molecule has 0 radical (unpaired) electrons. The minimum Gasteiger partial charge on any atom is -0.497 e. The summed E-state index contributed by atoms with van der Waals surface area (Å²) < 4.78 is 11.8. The van der Waals surface area contributed by atoms with Crippen LogP contribution in [0.4, 0.5) is 0 Å². The van der Waals surface area contributed by atoms with Crippen LogP contribution >= 0.6 is 11.3 Å². The summed E-state index contributed by atoms with van der Waals surface area (Å²) in [6.07, 6.45) is 1.49. The number of benzene rings is 2.